The zero-order valence-corrected chi connectivity index (χ0v) is 15.5. The molecule has 0 aliphatic heterocycles. The lowest BCUT2D eigenvalue weighted by molar-refractivity contribution is -0.140. The third kappa shape index (κ3) is 7.72. The highest BCUT2D eigenvalue weighted by Gasteiger charge is 2.44. The van der Waals surface area contributed by atoms with Crippen LogP contribution < -0.4 is 0 Å². The van der Waals surface area contributed by atoms with Crippen molar-refractivity contribution < 1.29 is 9.53 Å². The van der Waals surface area contributed by atoms with E-state index in [1.807, 2.05) is 0 Å². The molecular formula is C21H38O2. The average molecular weight is 323 g/mol. The maximum atomic E-state index is 11.2. The molecule has 2 fully saturated rings. The molecule has 0 aromatic carbocycles. The lowest BCUT2D eigenvalue weighted by Crippen LogP contribution is -2.00. The number of hydrogen-bond donors (Lipinski definition) is 0. The Morgan fingerprint density at radius 2 is 1.39 bits per heavy atom. The van der Waals surface area contributed by atoms with Gasteiger partial charge in [-0.2, -0.15) is 0 Å². The van der Waals surface area contributed by atoms with Crippen LogP contribution in [0.15, 0.2) is 0 Å². The third-order valence-electron chi connectivity index (χ3n) is 6.12. The van der Waals surface area contributed by atoms with Gasteiger partial charge in [-0.3, -0.25) is 4.79 Å². The van der Waals surface area contributed by atoms with Gasteiger partial charge in [0.15, 0.2) is 0 Å². The molecule has 4 unspecified atom stereocenters. The van der Waals surface area contributed by atoms with Crippen molar-refractivity contribution in [1.82, 2.24) is 0 Å². The molecule has 0 aromatic heterocycles. The summed E-state index contributed by atoms with van der Waals surface area (Å²) in [6, 6.07) is 0. The molecule has 0 saturated heterocycles. The van der Waals surface area contributed by atoms with Crippen LogP contribution in [0.5, 0.6) is 0 Å². The minimum absolute atomic E-state index is 0.0327. The molecule has 134 valence electrons. The molecule has 2 saturated carbocycles. The zero-order valence-electron chi connectivity index (χ0n) is 15.5. The maximum Gasteiger partial charge on any atom is 0.305 e. The predicted molar refractivity (Wildman–Crippen MR) is 96.3 cm³/mol. The number of carbonyl (C=O) groups is 1. The van der Waals surface area contributed by atoms with Gasteiger partial charge in [0.25, 0.3) is 0 Å². The molecule has 0 heterocycles. The molecule has 2 heteroatoms. The van der Waals surface area contributed by atoms with Gasteiger partial charge in [0.1, 0.15) is 0 Å². The maximum absolute atomic E-state index is 11.2. The molecule has 4 atom stereocenters. The number of hydrogen-bond acceptors (Lipinski definition) is 2. The van der Waals surface area contributed by atoms with Crippen LogP contribution in [0.4, 0.5) is 0 Å². The molecule has 0 amide bonds. The van der Waals surface area contributed by atoms with Gasteiger partial charge in [0.2, 0.25) is 0 Å². The van der Waals surface area contributed by atoms with Crippen molar-refractivity contribution >= 4 is 5.97 Å². The second-order valence-electron chi connectivity index (χ2n) is 8.13. The minimum Gasteiger partial charge on any atom is -0.469 e. The summed E-state index contributed by atoms with van der Waals surface area (Å²) in [5.74, 6) is 3.82. The molecule has 2 rings (SSSR count). The second kappa shape index (κ2) is 10.4. The van der Waals surface area contributed by atoms with E-state index in [1.165, 1.54) is 84.2 Å². The molecule has 0 spiro atoms. The lowest BCUT2D eigenvalue weighted by atomic mass is 10.0. The summed E-state index contributed by atoms with van der Waals surface area (Å²) in [5.41, 5.74) is 0. The van der Waals surface area contributed by atoms with Crippen LogP contribution in [-0.4, -0.2) is 13.1 Å². The average Bonchev–Trinajstić information content (AvgIpc) is 3.47. The van der Waals surface area contributed by atoms with E-state index in [4.69, 9.17) is 4.74 Å². The summed E-state index contributed by atoms with van der Waals surface area (Å²) in [7, 11) is 1.49. The fourth-order valence-electron chi connectivity index (χ4n) is 4.24. The van der Waals surface area contributed by atoms with Gasteiger partial charge in [-0.25, -0.2) is 0 Å². The van der Waals surface area contributed by atoms with Crippen LogP contribution in [0.1, 0.15) is 96.8 Å². The number of ether oxygens (including phenoxy) is 1. The summed E-state index contributed by atoms with van der Waals surface area (Å²) < 4.78 is 4.73. The Morgan fingerprint density at radius 1 is 0.826 bits per heavy atom. The minimum atomic E-state index is -0.0327. The molecular weight excluding hydrogens is 284 g/mol. The van der Waals surface area contributed by atoms with Crippen molar-refractivity contribution in [2.75, 3.05) is 7.11 Å². The van der Waals surface area contributed by atoms with Crippen molar-refractivity contribution in [2.24, 2.45) is 23.7 Å². The van der Waals surface area contributed by atoms with E-state index < -0.39 is 0 Å². The molecule has 2 aliphatic carbocycles. The monoisotopic (exact) mass is 322 g/mol. The number of carbonyl (C=O) groups excluding carboxylic acids is 1. The summed E-state index contributed by atoms with van der Waals surface area (Å²) >= 11 is 0. The lowest BCUT2D eigenvalue weighted by Gasteiger charge is -2.03. The first-order valence-corrected chi connectivity index (χ1v) is 10.3. The smallest absolute Gasteiger partial charge is 0.305 e. The zero-order chi connectivity index (χ0) is 16.5. The first-order valence-electron chi connectivity index (χ1n) is 10.3. The van der Waals surface area contributed by atoms with Gasteiger partial charge in [0.05, 0.1) is 7.11 Å². The van der Waals surface area contributed by atoms with Gasteiger partial charge in [0, 0.05) is 6.42 Å². The first-order chi connectivity index (χ1) is 11.2. The Hall–Kier alpha value is -0.530. The van der Waals surface area contributed by atoms with Crippen LogP contribution in [0.2, 0.25) is 0 Å². The van der Waals surface area contributed by atoms with Crippen molar-refractivity contribution in [2.45, 2.75) is 96.8 Å². The van der Waals surface area contributed by atoms with E-state index in [0.29, 0.717) is 6.42 Å². The molecule has 2 aliphatic rings. The van der Waals surface area contributed by atoms with E-state index in [-0.39, 0.29) is 5.97 Å². The van der Waals surface area contributed by atoms with Crippen LogP contribution >= 0.6 is 0 Å². The highest BCUT2D eigenvalue weighted by molar-refractivity contribution is 5.69. The molecule has 0 radical (unpaired) electrons. The Labute approximate surface area is 143 Å². The van der Waals surface area contributed by atoms with Crippen molar-refractivity contribution in [3.05, 3.63) is 0 Å². The largest absolute Gasteiger partial charge is 0.469 e. The summed E-state index contributed by atoms with van der Waals surface area (Å²) in [6.07, 6.45) is 19.0. The van der Waals surface area contributed by atoms with Crippen LogP contribution in [0.25, 0.3) is 0 Å². The predicted octanol–water partition coefficient (Wildman–Crippen LogP) is 6.13. The van der Waals surface area contributed by atoms with Crippen molar-refractivity contribution in [3.63, 3.8) is 0 Å². The Bertz CT molecular complexity index is 339. The quantitative estimate of drug-likeness (QED) is 0.284. The highest BCUT2D eigenvalue weighted by Crippen LogP contribution is 2.54. The van der Waals surface area contributed by atoms with Gasteiger partial charge in [-0.15, -0.1) is 0 Å². The first kappa shape index (κ1) is 18.8. The SMILES string of the molecule is CCCCCCCCCCC1CC1CC1CC1CCC(=O)OC. The van der Waals surface area contributed by atoms with Crippen molar-refractivity contribution in [1.29, 1.82) is 0 Å². The Morgan fingerprint density at radius 3 is 2.00 bits per heavy atom. The van der Waals surface area contributed by atoms with Gasteiger partial charge < -0.3 is 4.74 Å². The summed E-state index contributed by atoms with van der Waals surface area (Å²) in [6.45, 7) is 2.29. The number of esters is 1. The molecule has 23 heavy (non-hydrogen) atoms. The molecule has 0 N–H and O–H groups in total. The van der Waals surface area contributed by atoms with Crippen LogP contribution in [0.3, 0.4) is 0 Å². The summed E-state index contributed by atoms with van der Waals surface area (Å²) in [5, 5.41) is 0. The van der Waals surface area contributed by atoms with Gasteiger partial charge in [-0.1, -0.05) is 64.7 Å². The molecule has 2 nitrogen and oxygen atoms in total. The van der Waals surface area contributed by atoms with Crippen LogP contribution in [-0.2, 0) is 9.53 Å². The topological polar surface area (TPSA) is 26.3 Å². The fourth-order valence-corrected chi connectivity index (χ4v) is 4.24. The number of methoxy groups -OCH3 is 1. The van der Waals surface area contributed by atoms with Gasteiger partial charge >= 0.3 is 5.97 Å². The van der Waals surface area contributed by atoms with Gasteiger partial charge in [-0.05, 0) is 49.4 Å². The summed E-state index contributed by atoms with van der Waals surface area (Å²) in [4.78, 5) is 11.2. The van der Waals surface area contributed by atoms with E-state index in [1.54, 1.807) is 0 Å². The van der Waals surface area contributed by atoms with E-state index in [0.717, 1.165) is 30.1 Å². The molecule has 0 aromatic rings. The Kier molecular flexibility index (Phi) is 8.47. The highest BCUT2D eigenvalue weighted by atomic mass is 16.5. The second-order valence-corrected chi connectivity index (χ2v) is 8.13. The standard InChI is InChI=1S/C21H38O2/c1-3-4-5-6-7-8-9-10-11-17-14-19(17)16-20-15-18(20)12-13-21(22)23-2/h17-20H,3-16H2,1-2H3. The van der Waals surface area contributed by atoms with Crippen LogP contribution in [0, 0.1) is 23.7 Å². The van der Waals surface area contributed by atoms with Crippen molar-refractivity contribution in [3.8, 4) is 0 Å². The fraction of sp³-hybridized carbons (Fsp3) is 0.952. The number of rotatable bonds is 14. The van der Waals surface area contributed by atoms with E-state index in [9.17, 15) is 4.79 Å². The number of unbranched alkanes of at least 4 members (excludes halogenated alkanes) is 7. The molecule has 0 bridgehead atoms. The van der Waals surface area contributed by atoms with E-state index >= 15 is 0 Å². The normalized spacial score (nSPS) is 28.6. The Balaban J connectivity index is 1.37. The third-order valence-corrected chi connectivity index (χ3v) is 6.12. The van der Waals surface area contributed by atoms with E-state index in [2.05, 4.69) is 6.92 Å².